The summed E-state index contributed by atoms with van der Waals surface area (Å²) in [7, 11) is 4.72. The number of carbonyl (C=O) groups is 1. The molecule has 1 atom stereocenters. The number of nitrogens with one attached hydrogen (secondary N) is 1. The second-order valence-electron chi connectivity index (χ2n) is 8.31. The van der Waals surface area contributed by atoms with Crippen LogP contribution in [-0.2, 0) is 0 Å². The van der Waals surface area contributed by atoms with Crippen LogP contribution >= 0.6 is 0 Å². The summed E-state index contributed by atoms with van der Waals surface area (Å²) in [6.45, 7) is 4.14. The minimum Gasteiger partial charge on any atom is -0.497 e. The van der Waals surface area contributed by atoms with E-state index >= 15 is 0 Å². The molecule has 1 unspecified atom stereocenters. The van der Waals surface area contributed by atoms with Crippen LogP contribution in [0.25, 0.3) is 16.6 Å². The standard InChI is InChI=1S/C28H30N4O5/c1-6-37-24-14-10-9-13-23(24)32-26(29-21-12-8-7-11-20(21)27(32)33)18(2)31(3)28(34)30-22-16-15-19(35-4)17-25(22)36-5/h7-18H,6H2,1-5H3,(H,30,34). The number of rotatable bonds is 8. The van der Waals surface area contributed by atoms with E-state index in [1.54, 1.807) is 62.7 Å². The Morgan fingerprint density at radius 2 is 1.76 bits per heavy atom. The third-order valence-electron chi connectivity index (χ3n) is 6.13. The third-order valence-corrected chi connectivity index (χ3v) is 6.13. The van der Waals surface area contributed by atoms with Crippen molar-refractivity contribution in [2.75, 3.05) is 33.2 Å². The molecule has 4 rings (SSSR count). The van der Waals surface area contributed by atoms with Gasteiger partial charge >= 0.3 is 6.03 Å². The first-order chi connectivity index (χ1) is 17.9. The zero-order valence-electron chi connectivity index (χ0n) is 21.5. The van der Waals surface area contributed by atoms with E-state index in [2.05, 4.69) is 5.32 Å². The predicted molar refractivity (Wildman–Crippen MR) is 143 cm³/mol. The van der Waals surface area contributed by atoms with E-state index in [1.165, 1.54) is 16.6 Å². The molecule has 0 radical (unpaired) electrons. The summed E-state index contributed by atoms with van der Waals surface area (Å²) in [6, 6.07) is 18.6. The molecule has 1 N–H and O–H groups in total. The Morgan fingerprint density at radius 1 is 1.03 bits per heavy atom. The molecule has 0 aliphatic heterocycles. The van der Waals surface area contributed by atoms with Gasteiger partial charge in [0.2, 0.25) is 0 Å². The lowest BCUT2D eigenvalue weighted by molar-refractivity contribution is 0.205. The fraction of sp³-hybridized carbons (Fsp3) is 0.250. The largest absolute Gasteiger partial charge is 0.497 e. The highest BCUT2D eigenvalue weighted by molar-refractivity contribution is 5.91. The van der Waals surface area contributed by atoms with Crippen molar-refractivity contribution in [3.63, 3.8) is 0 Å². The van der Waals surface area contributed by atoms with E-state index in [9.17, 15) is 9.59 Å². The maximum Gasteiger partial charge on any atom is 0.322 e. The maximum atomic E-state index is 13.8. The third kappa shape index (κ3) is 5.06. The van der Waals surface area contributed by atoms with Crippen LogP contribution in [0.1, 0.15) is 25.7 Å². The number of para-hydroxylation sites is 3. The van der Waals surface area contributed by atoms with Crippen LogP contribution in [0.5, 0.6) is 17.2 Å². The smallest absolute Gasteiger partial charge is 0.322 e. The molecule has 0 spiro atoms. The fourth-order valence-electron chi connectivity index (χ4n) is 4.04. The van der Waals surface area contributed by atoms with Gasteiger partial charge < -0.3 is 24.4 Å². The number of anilines is 1. The van der Waals surface area contributed by atoms with Gasteiger partial charge in [-0.3, -0.25) is 9.36 Å². The van der Waals surface area contributed by atoms with E-state index in [0.29, 0.717) is 52.0 Å². The number of aromatic nitrogens is 2. The van der Waals surface area contributed by atoms with E-state index in [4.69, 9.17) is 19.2 Å². The first-order valence-electron chi connectivity index (χ1n) is 11.9. The van der Waals surface area contributed by atoms with E-state index in [1.807, 2.05) is 32.0 Å². The van der Waals surface area contributed by atoms with Crippen molar-refractivity contribution in [2.24, 2.45) is 0 Å². The van der Waals surface area contributed by atoms with Crippen LogP contribution in [-0.4, -0.2) is 48.4 Å². The SMILES string of the molecule is CCOc1ccccc1-n1c(C(C)N(C)C(=O)Nc2ccc(OC)cc2OC)nc2ccccc2c1=O. The monoisotopic (exact) mass is 502 g/mol. The summed E-state index contributed by atoms with van der Waals surface area (Å²) in [5.74, 6) is 2.01. The molecule has 9 heteroatoms. The molecule has 0 aliphatic carbocycles. The molecule has 4 aromatic rings. The van der Waals surface area contributed by atoms with Gasteiger partial charge in [0.15, 0.2) is 0 Å². The number of fused-ring (bicyclic) bond motifs is 1. The van der Waals surface area contributed by atoms with Crippen molar-refractivity contribution in [2.45, 2.75) is 19.9 Å². The van der Waals surface area contributed by atoms with E-state index in [0.717, 1.165) is 0 Å². The molecule has 0 bridgehead atoms. The summed E-state index contributed by atoms with van der Waals surface area (Å²) >= 11 is 0. The maximum absolute atomic E-state index is 13.8. The number of amides is 2. The minimum atomic E-state index is -0.587. The zero-order valence-corrected chi connectivity index (χ0v) is 21.5. The summed E-state index contributed by atoms with van der Waals surface area (Å²) in [6.07, 6.45) is 0. The van der Waals surface area contributed by atoms with Gasteiger partial charge in [-0.1, -0.05) is 24.3 Å². The predicted octanol–water partition coefficient (Wildman–Crippen LogP) is 5.03. The lowest BCUT2D eigenvalue weighted by Crippen LogP contribution is -2.37. The molecule has 0 aliphatic rings. The molecule has 192 valence electrons. The number of benzene rings is 3. The van der Waals surface area contributed by atoms with Gasteiger partial charge in [0.1, 0.15) is 23.1 Å². The number of ether oxygens (including phenoxy) is 3. The highest BCUT2D eigenvalue weighted by Gasteiger charge is 2.26. The normalized spacial score (nSPS) is 11.6. The zero-order chi connectivity index (χ0) is 26.5. The van der Waals surface area contributed by atoms with Crippen molar-refractivity contribution in [3.8, 4) is 22.9 Å². The molecule has 1 heterocycles. The quantitative estimate of drug-likeness (QED) is 0.363. The van der Waals surface area contributed by atoms with Crippen LogP contribution in [0.4, 0.5) is 10.5 Å². The molecule has 0 saturated carbocycles. The highest BCUT2D eigenvalue weighted by Crippen LogP contribution is 2.31. The van der Waals surface area contributed by atoms with Gasteiger partial charge in [-0.05, 0) is 50.2 Å². The van der Waals surface area contributed by atoms with Crippen molar-refractivity contribution in [3.05, 3.63) is 82.9 Å². The molecule has 0 fully saturated rings. The Hall–Kier alpha value is -4.53. The number of nitrogens with zero attached hydrogens (tertiary/aromatic N) is 3. The van der Waals surface area contributed by atoms with Crippen LogP contribution in [0.2, 0.25) is 0 Å². The number of carbonyl (C=O) groups excluding carboxylic acids is 1. The molecule has 37 heavy (non-hydrogen) atoms. The van der Waals surface area contributed by atoms with Gasteiger partial charge in [0, 0.05) is 13.1 Å². The Bertz CT molecular complexity index is 1480. The van der Waals surface area contributed by atoms with Gasteiger partial charge in [-0.2, -0.15) is 0 Å². The molecule has 3 aromatic carbocycles. The minimum absolute atomic E-state index is 0.245. The van der Waals surface area contributed by atoms with Gasteiger partial charge in [0.25, 0.3) is 5.56 Å². The van der Waals surface area contributed by atoms with Crippen molar-refractivity contribution in [1.29, 1.82) is 0 Å². The van der Waals surface area contributed by atoms with Crippen molar-refractivity contribution >= 4 is 22.6 Å². The molecular weight excluding hydrogens is 472 g/mol. The second kappa shape index (κ2) is 11.0. The van der Waals surface area contributed by atoms with Crippen LogP contribution in [0.3, 0.4) is 0 Å². The molecule has 0 saturated heterocycles. The van der Waals surface area contributed by atoms with Crippen molar-refractivity contribution < 1.29 is 19.0 Å². The van der Waals surface area contributed by atoms with Gasteiger partial charge in [-0.15, -0.1) is 0 Å². The Morgan fingerprint density at radius 3 is 2.49 bits per heavy atom. The van der Waals surface area contributed by atoms with E-state index < -0.39 is 12.1 Å². The number of hydrogen-bond donors (Lipinski definition) is 1. The molecular formula is C28H30N4O5. The lowest BCUT2D eigenvalue weighted by Gasteiger charge is -2.28. The molecule has 9 nitrogen and oxygen atoms in total. The average molecular weight is 503 g/mol. The first kappa shape index (κ1) is 25.6. The van der Waals surface area contributed by atoms with Crippen LogP contribution < -0.4 is 25.1 Å². The highest BCUT2D eigenvalue weighted by atomic mass is 16.5. The van der Waals surface area contributed by atoms with Crippen molar-refractivity contribution in [1.82, 2.24) is 14.5 Å². The topological polar surface area (TPSA) is 94.9 Å². The summed E-state index contributed by atoms with van der Waals surface area (Å²) in [5.41, 5.74) is 1.34. The number of urea groups is 1. The van der Waals surface area contributed by atoms with E-state index in [-0.39, 0.29) is 5.56 Å². The Balaban J connectivity index is 1.78. The Kier molecular flexibility index (Phi) is 7.62. The molecule has 1 aromatic heterocycles. The van der Waals surface area contributed by atoms with Crippen LogP contribution in [0, 0.1) is 0 Å². The van der Waals surface area contributed by atoms with Crippen LogP contribution in [0.15, 0.2) is 71.5 Å². The Labute approximate surface area is 215 Å². The number of hydrogen-bond acceptors (Lipinski definition) is 6. The van der Waals surface area contributed by atoms with Gasteiger partial charge in [0.05, 0.1) is 49.1 Å². The fourth-order valence-corrected chi connectivity index (χ4v) is 4.04. The molecule has 2 amide bonds. The summed E-state index contributed by atoms with van der Waals surface area (Å²) in [4.78, 5) is 33.4. The summed E-state index contributed by atoms with van der Waals surface area (Å²) in [5, 5.41) is 3.34. The van der Waals surface area contributed by atoms with Gasteiger partial charge in [-0.25, -0.2) is 9.78 Å². The second-order valence-corrected chi connectivity index (χ2v) is 8.31. The lowest BCUT2D eigenvalue weighted by atomic mass is 10.2. The number of methoxy groups -OCH3 is 2. The average Bonchev–Trinajstić information content (AvgIpc) is 2.93. The summed E-state index contributed by atoms with van der Waals surface area (Å²) < 4.78 is 18.0. The first-order valence-corrected chi connectivity index (χ1v) is 11.9.